The summed E-state index contributed by atoms with van der Waals surface area (Å²) in [5.74, 6) is 0.362. The average molecular weight is 548 g/mol. The van der Waals surface area contributed by atoms with E-state index in [1.165, 1.54) is 18.4 Å². The van der Waals surface area contributed by atoms with Crippen molar-refractivity contribution in [2.24, 2.45) is 33.7 Å². The second kappa shape index (κ2) is 10.4. The van der Waals surface area contributed by atoms with Gasteiger partial charge in [0, 0.05) is 23.5 Å². The summed E-state index contributed by atoms with van der Waals surface area (Å²) in [6, 6.07) is 6.62. The monoisotopic (exact) mass is 547 g/mol. The Bertz CT molecular complexity index is 1360. The SMILES string of the molecule is C[C@]12CC[C@H]3[C@@H](CCC4=C/C(=N\OCC(=O)N[C@@H](Cc5c[nH]c6ccccc56)C(=O)O)CC[C@@]43C)[C@@H]1CC[C@H]2O. The molecule has 1 aromatic carbocycles. The summed E-state index contributed by atoms with van der Waals surface area (Å²) in [6.07, 6.45) is 12.4. The van der Waals surface area contributed by atoms with Crippen molar-refractivity contribution in [3.63, 3.8) is 0 Å². The Kier molecular flexibility index (Phi) is 7.01. The first-order valence-electron chi connectivity index (χ1n) is 14.8. The first-order valence-corrected chi connectivity index (χ1v) is 14.8. The predicted molar refractivity (Wildman–Crippen MR) is 153 cm³/mol. The first-order chi connectivity index (χ1) is 19.2. The number of amides is 1. The van der Waals surface area contributed by atoms with Gasteiger partial charge in [0.05, 0.1) is 11.8 Å². The summed E-state index contributed by atoms with van der Waals surface area (Å²) < 4.78 is 0. The van der Waals surface area contributed by atoms with E-state index < -0.39 is 17.9 Å². The van der Waals surface area contributed by atoms with Crippen molar-refractivity contribution in [1.82, 2.24) is 10.3 Å². The number of aromatic nitrogens is 1. The largest absolute Gasteiger partial charge is 0.480 e. The molecule has 2 aromatic rings. The lowest BCUT2D eigenvalue weighted by Gasteiger charge is -2.57. The number of carboxylic acids is 1. The highest BCUT2D eigenvalue weighted by Gasteiger charge is 2.58. The first kappa shape index (κ1) is 27.1. The lowest BCUT2D eigenvalue weighted by atomic mass is 9.47. The maximum Gasteiger partial charge on any atom is 0.326 e. The minimum absolute atomic E-state index is 0.0868. The number of hydrogen-bond donors (Lipinski definition) is 4. The van der Waals surface area contributed by atoms with Crippen LogP contribution in [0.4, 0.5) is 0 Å². The topological polar surface area (TPSA) is 124 Å². The number of aliphatic hydroxyl groups is 1. The molecule has 0 bridgehead atoms. The number of H-pyrrole nitrogens is 1. The van der Waals surface area contributed by atoms with Crippen LogP contribution in [-0.2, 0) is 20.8 Å². The molecule has 3 fully saturated rings. The fourth-order valence-corrected chi connectivity index (χ4v) is 8.75. The number of aliphatic carboxylic acids is 1. The second-order valence-corrected chi connectivity index (χ2v) is 13.0. The number of allylic oxidation sites excluding steroid dienone is 2. The van der Waals surface area contributed by atoms with Gasteiger partial charge >= 0.3 is 5.97 Å². The number of para-hydroxylation sites is 1. The summed E-state index contributed by atoms with van der Waals surface area (Å²) in [4.78, 5) is 33.0. The highest BCUT2D eigenvalue weighted by molar-refractivity contribution is 5.96. The van der Waals surface area contributed by atoms with Crippen molar-refractivity contribution in [1.29, 1.82) is 0 Å². The molecule has 0 saturated heterocycles. The van der Waals surface area contributed by atoms with Gasteiger partial charge in [-0.1, -0.05) is 42.8 Å². The number of rotatable bonds is 7. The molecule has 8 heteroatoms. The van der Waals surface area contributed by atoms with Crippen molar-refractivity contribution >= 4 is 28.5 Å². The third-order valence-corrected chi connectivity index (χ3v) is 11.0. The lowest BCUT2D eigenvalue weighted by Crippen LogP contribution is -2.51. The molecule has 4 N–H and O–H groups in total. The maximum absolute atomic E-state index is 12.6. The number of hydrogen-bond acceptors (Lipinski definition) is 5. The van der Waals surface area contributed by atoms with Crippen LogP contribution < -0.4 is 5.32 Å². The van der Waals surface area contributed by atoms with Crippen LogP contribution in [-0.4, -0.2) is 51.5 Å². The van der Waals surface area contributed by atoms with E-state index in [0.29, 0.717) is 17.8 Å². The quantitative estimate of drug-likeness (QED) is 0.364. The average Bonchev–Trinajstić information content (AvgIpc) is 3.48. The molecule has 40 heavy (non-hydrogen) atoms. The van der Waals surface area contributed by atoms with E-state index in [-0.39, 0.29) is 30.0 Å². The Hall–Kier alpha value is -3.13. The predicted octanol–water partition coefficient (Wildman–Crippen LogP) is 4.98. The van der Waals surface area contributed by atoms with Gasteiger partial charge in [-0.3, -0.25) is 4.79 Å². The van der Waals surface area contributed by atoms with Crippen LogP contribution in [0.3, 0.4) is 0 Å². The fraction of sp³-hybridized carbons (Fsp3) is 0.594. The zero-order valence-electron chi connectivity index (χ0n) is 23.5. The Balaban J connectivity index is 1.06. The van der Waals surface area contributed by atoms with Crippen LogP contribution in [0.1, 0.15) is 70.8 Å². The molecule has 6 rings (SSSR count). The molecule has 1 heterocycles. The van der Waals surface area contributed by atoms with Crippen molar-refractivity contribution in [3.05, 3.63) is 47.7 Å². The van der Waals surface area contributed by atoms with Crippen molar-refractivity contribution in [2.75, 3.05) is 6.61 Å². The number of carboxylic acid groups (broad SMARTS) is 1. The Morgan fingerprint density at radius 2 is 1.95 bits per heavy atom. The number of nitrogens with zero attached hydrogens (tertiary/aromatic N) is 1. The van der Waals surface area contributed by atoms with Gasteiger partial charge in [-0.05, 0) is 97.7 Å². The molecule has 0 aliphatic heterocycles. The van der Waals surface area contributed by atoms with Gasteiger partial charge in [0.25, 0.3) is 5.91 Å². The molecule has 1 amide bonds. The number of benzene rings is 1. The van der Waals surface area contributed by atoms with Crippen LogP contribution in [0.15, 0.2) is 47.3 Å². The third kappa shape index (κ3) is 4.64. The Morgan fingerprint density at radius 3 is 2.77 bits per heavy atom. The van der Waals surface area contributed by atoms with Gasteiger partial charge in [0.2, 0.25) is 0 Å². The van der Waals surface area contributed by atoms with E-state index >= 15 is 0 Å². The number of carbonyl (C=O) groups excluding carboxylic acids is 1. The van der Waals surface area contributed by atoms with Crippen molar-refractivity contribution in [3.8, 4) is 0 Å². The molecular weight excluding hydrogens is 506 g/mol. The fourth-order valence-electron chi connectivity index (χ4n) is 8.75. The molecule has 0 spiro atoms. The summed E-state index contributed by atoms with van der Waals surface area (Å²) >= 11 is 0. The van der Waals surface area contributed by atoms with E-state index in [1.807, 2.05) is 24.3 Å². The highest BCUT2D eigenvalue weighted by Crippen LogP contribution is 2.65. The summed E-state index contributed by atoms with van der Waals surface area (Å²) in [6.45, 7) is 4.42. The molecule has 8 nitrogen and oxygen atoms in total. The summed E-state index contributed by atoms with van der Waals surface area (Å²) in [7, 11) is 0. The van der Waals surface area contributed by atoms with Crippen LogP contribution in [0.25, 0.3) is 10.9 Å². The Labute approximate surface area is 235 Å². The molecular formula is C32H41N3O5. The summed E-state index contributed by atoms with van der Waals surface area (Å²) in [5.41, 5.74) is 4.30. The molecule has 1 aromatic heterocycles. The van der Waals surface area contributed by atoms with Gasteiger partial charge in [0.15, 0.2) is 6.61 Å². The molecule has 3 saturated carbocycles. The zero-order chi connectivity index (χ0) is 28.1. The molecule has 4 aliphatic carbocycles. The van der Waals surface area contributed by atoms with E-state index in [1.54, 1.807) is 6.20 Å². The minimum atomic E-state index is -1.09. The van der Waals surface area contributed by atoms with E-state index in [9.17, 15) is 19.8 Å². The standard InChI is InChI=1S/C32H41N3O5/c1-31-13-11-21(16-20(31)7-8-23-24-9-10-28(36)32(24,2)14-12-25(23)31)35-40-18-29(37)34-27(30(38)39)15-19-17-33-26-6-4-3-5-22(19)26/h3-6,16-17,23-25,27-28,33,36H,7-15,18H2,1-2H3,(H,34,37)(H,38,39)/b35-21-/t23-,24-,25-,27-,28+,31-,32-/m0/s1. The van der Waals surface area contributed by atoms with Gasteiger partial charge in [-0.2, -0.15) is 0 Å². The molecule has 214 valence electrons. The normalized spacial score (nSPS) is 34.9. The maximum atomic E-state index is 12.6. The number of oxime groups is 1. The van der Waals surface area contributed by atoms with E-state index in [0.717, 1.165) is 60.7 Å². The highest BCUT2D eigenvalue weighted by atomic mass is 16.6. The minimum Gasteiger partial charge on any atom is -0.480 e. The lowest BCUT2D eigenvalue weighted by molar-refractivity contribution is -0.142. The summed E-state index contributed by atoms with van der Waals surface area (Å²) in [5, 5.41) is 28.2. The van der Waals surface area contributed by atoms with Gasteiger partial charge in [0.1, 0.15) is 6.04 Å². The number of aromatic amines is 1. The molecule has 0 radical (unpaired) electrons. The number of nitrogens with one attached hydrogen (secondary N) is 2. The van der Waals surface area contributed by atoms with Crippen LogP contribution >= 0.6 is 0 Å². The van der Waals surface area contributed by atoms with E-state index in [2.05, 4.69) is 35.4 Å². The zero-order valence-corrected chi connectivity index (χ0v) is 23.5. The van der Waals surface area contributed by atoms with Gasteiger partial charge in [-0.15, -0.1) is 0 Å². The smallest absolute Gasteiger partial charge is 0.326 e. The molecule has 4 aliphatic rings. The van der Waals surface area contributed by atoms with E-state index in [4.69, 9.17) is 4.84 Å². The number of carbonyl (C=O) groups is 2. The molecule has 0 unspecified atom stereocenters. The Morgan fingerprint density at radius 1 is 1.12 bits per heavy atom. The van der Waals surface area contributed by atoms with Gasteiger partial charge in [-0.25, -0.2) is 4.79 Å². The van der Waals surface area contributed by atoms with Crippen molar-refractivity contribution in [2.45, 2.75) is 83.8 Å². The number of fused-ring (bicyclic) bond motifs is 6. The second-order valence-electron chi connectivity index (χ2n) is 13.0. The molecule has 7 atom stereocenters. The number of aliphatic hydroxyl groups excluding tert-OH is 1. The third-order valence-electron chi connectivity index (χ3n) is 11.0. The van der Waals surface area contributed by atoms with Crippen LogP contribution in [0, 0.1) is 28.6 Å². The van der Waals surface area contributed by atoms with Gasteiger partial charge < -0.3 is 25.4 Å². The van der Waals surface area contributed by atoms with Crippen LogP contribution in [0.2, 0.25) is 0 Å². The van der Waals surface area contributed by atoms with Crippen molar-refractivity contribution < 1.29 is 24.6 Å². The van der Waals surface area contributed by atoms with Crippen LogP contribution in [0.5, 0.6) is 0 Å².